The number of amides is 1. The lowest BCUT2D eigenvalue weighted by Crippen LogP contribution is -2.32. The van der Waals surface area contributed by atoms with Crippen LogP contribution >= 0.6 is 23.1 Å². The summed E-state index contributed by atoms with van der Waals surface area (Å²) in [5, 5.41) is 0.763. The SMILES string of the molecule is CCSc1ccc(C(=O)N(CCCn2ccnc2)c2nc3c(CC)cccc3s2)cc1. The number of carbonyl (C=O) groups is 1. The number of hydrogen-bond donors (Lipinski definition) is 0. The lowest BCUT2D eigenvalue weighted by molar-refractivity contribution is 0.0986. The zero-order valence-electron chi connectivity index (χ0n) is 17.8. The Morgan fingerprint density at radius 1 is 1.16 bits per heavy atom. The van der Waals surface area contributed by atoms with E-state index in [0.29, 0.717) is 12.1 Å². The number of aromatic nitrogens is 3. The van der Waals surface area contributed by atoms with Gasteiger partial charge in [-0.05, 0) is 54.5 Å². The highest BCUT2D eigenvalue weighted by Crippen LogP contribution is 2.32. The number of para-hydroxylation sites is 1. The van der Waals surface area contributed by atoms with Crippen molar-refractivity contribution in [2.75, 3.05) is 17.2 Å². The van der Waals surface area contributed by atoms with Crippen LogP contribution in [0.1, 0.15) is 36.2 Å². The maximum atomic E-state index is 13.5. The number of anilines is 1. The van der Waals surface area contributed by atoms with E-state index in [9.17, 15) is 4.79 Å². The standard InChI is InChI=1S/C24H26N4OS2/c1-3-18-7-5-8-21-22(18)26-24(31-21)28(15-6-14-27-16-13-25-17-27)23(29)19-9-11-20(12-10-19)30-4-2/h5,7-13,16-17H,3-4,6,14-15H2,1-2H3. The number of carbonyl (C=O) groups excluding carboxylic acids is 1. The molecule has 0 atom stereocenters. The number of hydrogen-bond acceptors (Lipinski definition) is 5. The number of thiazole rings is 1. The highest BCUT2D eigenvalue weighted by molar-refractivity contribution is 7.99. The van der Waals surface area contributed by atoms with Crippen molar-refractivity contribution < 1.29 is 4.79 Å². The van der Waals surface area contributed by atoms with E-state index >= 15 is 0 Å². The van der Waals surface area contributed by atoms with Crippen LogP contribution in [-0.2, 0) is 13.0 Å². The van der Waals surface area contributed by atoms with Crippen LogP contribution in [0.25, 0.3) is 10.2 Å². The molecule has 0 aliphatic rings. The van der Waals surface area contributed by atoms with E-state index in [1.54, 1.807) is 29.3 Å². The second-order valence-corrected chi connectivity index (χ2v) is 9.53. The normalized spacial score (nSPS) is 11.2. The molecule has 2 heterocycles. The predicted octanol–water partition coefficient (Wildman–Crippen LogP) is 5.90. The van der Waals surface area contributed by atoms with Crippen LogP contribution in [0.5, 0.6) is 0 Å². The number of rotatable bonds is 9. The molecular formula is C24H26N4OS2. The average Bonchev–Trinajstić information content (AvgIpc) is 3.46. The van der Waals surface area contributed by atoms with Gasteiger partial charge < -0.3 is 4.57 Å². The van der Waals surface area contributed by atoms with E-state index in [0.717, 1.165) is 40.5 Å². The first-order chi connectivity index (χ1) is 15.2. The number of benzene rings is 2. The molecule has 0 aliphatic heterocycles. The van der Waals surface area contributed by atoms with Crippen LogP contribution in [0.4, 0.5) is 5.13 Å². The molecule has 0 N–H and O–H groups in total. The fraction of sp³-hybridized carbons (Fsp3) is 0.292. The molecule has 0 spiro atoms. The number of fused-ring (bicyclic) bond motifs is 1. The van der Waals surface area contributed by atoms with Crippen molar-refractivity contribution in [1.29, 1.82) is 0 Å². The van der Waals surface area contributed by atoms with Crippen LogP contribution in [-0.4, -0.2) is 32.7 Å². The van der Waals surface area contributed by atoms with Gasteiger partial charge in [-0.1, -0.05) is 37.3 Å². The number of nitrogens with zero attached hydrogens (tertiary/aromatic N) is 4. The van der Waals surface area contributed by atoms with Gasteiger partial charge in [0.25, 0.3) is 5.91 Å². The molecule has 2 aromatic heterocycles. The van der Waals surface area contributed by atoms with Crippen LogP contribution < -0.4 is 4.90 Å². The molecule has 0 saturated heterocycles. The lowest BCUT2D eigenvalue weighted by atomic mass is 10.1. The molecule has 1 amide bonds. The molecule has 0 fully saturated rings. The average molecular weight is 451 g/mol. The maximum absolute atomic E-state index is 13.5. The Morgan fingerprint density at radius 3 is 2.71 bits per heavy atom. The number of aryl methyl sites for hydroxylation is 2. The van der Waals surface area contributed by atoms with Crippen molar-refractivity contribution in [3.63, 3.8) is 0 Å². The second kappa shape index (κ2) is 10.1. The summed E-state index contributed by atoms with van der Waals surface area (Å²) in [6, 6.07) is 14.2. The van der Waals surface area contributed by atoms with Crippen molar-refractivity contribution in [3.8, 4) is 0 Å². The van der Waals surface area contributed by atoms with Crippen LogP contribution in [0.15, 0.2) is 66.1 Å². The highest BCUT2D eigenvalue weighted by Gasteiger charge is 2.21. The third kappa shape index (κ3) is 4.99. The van der Waals surface area contributed by atoms with Crippen molar-refractivity contribution in [2.45, 2.75) is 38.1 Å². The quantitative estimate of drug-likeness (QED) is 0.298. The zero-order valence-corrected chi connectivity index (χ0v) is 19.5. The molecule has 0 unspecified atom stereocenters. The van der Waals surface area contributed by atoms with Gasteiger partial charge in [0, 0.05) is 35.9 Å². The summed E-state index contributed by atoms with van der Waals surface area (Å²) in [4.78, 5) is 25.5. The molecular weight excluding hydrogens is 424 g/mol. The molecule has 0 bridgehead atoms. The molecule has 7 heteroatoms. The molecule has 4 aromatic rings. The van der Waals surface area contributed by atoms with Crippen LogP contribution in [0.3, 0.4) is 0 Å². The first-order valence-corrected chi connectivity index (χ1v) is 12.4. The van der Waals surface area contributed by atoms with E-state index in [1.165, 1.54) is 10.5 Å². The molecule has 160 valence electrons. The Hall–Kier alpha value is -2.64. The Morgan fingerprint density at radius 2 is 2.00 bits per heavy atom. The van der Waals surface area contributed by atoms with E-state index in [4.69, 9.17) is 4.98 Å². The monoisotopic (exact) mass is 450 g/mol. The minimum absolute atomic E-state index is 0.00390. The Kier molecular flexibility index (Phi) is 7.04. The summed E-state index contributed by atoms with van der Waals surface area (Å²) in [6.45, 7) is 5.67. The fourth-order valence-corrected chi connectivity index (χ4v) is 5.23. The molecule has 5 nitrogen and oxygen atoms in total. The van der Waals surface area contributed by atoms with Crippen molar-refractivity contribution in [3.05, 3.63) is 72.3 Å². The van der Waals surface area contributed by atoms with Gasteiger partial charge in [0.05, 0.1) is 16.5 Å². The molecule has 31 heavy (non-hydrogen) atoms. The minimum Gasteiger partial charge on any atom is -0.337 e. The van der Waals surface area contributed by atoms with Crippen molar-refractivity contribution in [2.24, 2.45) is 0 Å². The summed E-state index contributed by atoms with van der Waals surface area (Å²) in [5.41, 5.74) is 2.91. The number of thioether (sulfide) groups is 1. The van der Waals surface area contributed by atoms with E-state index in [1.807, 2.05) is 46.3 Å². The van der Waals surface area contributed by atoms with Gasteiger partial charge in [-0.15, -0.1) is 11.8 Å². The third-order valence-corrected chi connectivity index (χ3v) is 7.06. The Balaban J connectivity index is 1.62. The van der Waals surface area contributed by atoms with Gasteiger partial charge in [0.2, 0.25) is 0 Å². The molecule has 4 rings (SSSR count). The number of imidazole rings is 1. The third-order valence-electron chi connectivity index (χ3n) is 5.12. The van der Waals surface area contributed by atoms with E-state index in [-0.39, 0.29) is 5.91 Å². The lowest BCUT2D eigenvalue weighted by Gasteiger charge is -2.20. The zero-order chi connectivity index (χ0) is 21.6. The summed E-state index contributed by atoms with van der Waals surface area (Å²) in [7, 11) is 0. The molecule has 0 aliphatic carbocycles. The van der Waals surface area contributed by atoms with E-state index < -0.39 is 0 Å². The summed E-state index contributed by atoms with van der Waals surface area (Å²) in [5.74, 6) is 1.01. The first-order valence-electron chi connectivity index (χ1n) is 10.6. The smallest absolute Gasteiger partial charge is 0.260 e. The highest BCUT2D eigenvalue weighted by atomic mass is 32.2. The van der Waals surface area contributed by atoms with Crippen molar-refractivity contribution in [1.82, 2.24) is 14.5 Å². The Labute approximate surface area is 191 Å². The molecule has 0 radical (unpaired) electrons. The summed E-state index contributed by atoms with van der Waals surface area (Å²) in [6.07, 6.45) is 7.27. The first kappa shape index (κ1) is 21.6. The van der Waals surface area contributed by atoms with Gasteiger partial charge >= 0.3 is 0 Å². The second-order valence-electron chi connectivity index (χ2n) is 7.18. The minimum atomic E-state index is -0.00390. The topological polar surface area (TPSA) is 51.0 Å². The van der Waals surface area contributed by atoms with Crippen LogP contribution in [0, 0.1) is 0 Å². The molecule has 2 aromatic carbocycles. The Bertz CT molecular complexity index is 1140. The predicted molar refractivity (Wildman–Crippen MR) is 130 cm³/mol. The van der Waals surface area contributed by atoms with Crippen LogP contribution in [0.2, 0.25) is 0 Å². The van der Waals surface area contributed by atoms with E-state index in [2.05, 4.69) is 37.0 Å². The largest absolute Gasteiger partial charge is 0.337 e. The summed E-state index contributed by atoms with van der Waals surface area (Å²) < 4.78 is 3.16. The van der Waals surface area contributed by atoms with Gasteiger partial charge in [0.1, 0.15) is 0 Å². The fourth-order valence-electron chi connectivity index (χ4n) is 3.53. The molecule has 0 saturated carbocycles. The van der Waals surface area contributed by atoms with Gasteiger partial charge in [-0.3, -0.25) is 9.69 Å². The maximum Gasteiger partial charge on any atom is 0.260 e. The van der Waals surface area contributed by atoms with Gasteiger partial charge in [-0.2, -0.15) is 0 Å². The van der Waals surface area contributed by atoms with Gasteiger partial charge in [0.15, 0.2) is 5.13 Å². The van der Waals surface area contributed by atoms with Crippen molar-refractivity contribution >= 4 is 44.4 Å². The summed E-state index contributed by atoms with van der Waals surface area (Å²) >= 11 is 3.36. The van der Waals surface area contributed by atoms with Gasteiger partial charge in [-0.25, -0.2) is 9.97 Å².